The zero-order valence-corrected chi connectivity index (χ0v) is 23.0. The molecule has 0 aliphatic rings. The minimum atomic E-state index is -0.320. The summed E-state index contributed by atoms with van der Waals surface area (Å²) >= 11 is 12.1. The SMILES string of the molecule is C=CCc1cc(/C=N/NC(=O)c2cc(-c3ccccc3)nc3ccccc23)ccc1OCc1ccc(Cl)c(Cl)c1. The van der Waals surface area contributed by atoms with E-state index in [2.05, 4.69) is 17.1 Å². The molecule has 0 unspecified atom stereocenters. The van der Waals surface area contributed by atoms with Crippen molar-refractivity contribution >= 4 is 46.2 Å². The third kappa shape index (κ3) is 6.40. The number of carbonyl (C=O) groups is 1. The lowest BCUT2D eigenvalue weighted by Crippen LogP contribution is -2.18. The molecular formula is C33H25Cl2N3O2. The molecule has 1 heterocycles. The summed E-state index contributed by atoms with van der Waals surface area (Å²) in [6, 6.07) is 30.3. The Kier molecular flexibility index (Phi) is 8.55. The highest BCUT2D eigenvalue weighted by Crippen LogP contribution is 2.26. The molecule has 0 saturated heterocycles. The molecule has 198 valence electrons. The van der Waals surface area contributed by atoms with E-state index in [4.69, 9.17) is 32.9 Å². The Morgan fingerprint density at radius 3 is 2.52 bits per heavy atom. The smallest absolute Gasteiger partial charge is 0.272 e. The second-order valence-electron chi connectivity index (χ2n) is 9.03. The Morgan fingerprint density at radius 1 is 0.925 bits per heavy atom. The first-order valence-electron chi connectivity index (χ1n) is 12.6. The van der Waals surface area contributed by atoms with Gasteiger partial charge in [0.05, 0.1) is 33.0 Å². The quantitative estimate of drug-likeness (QED) is 0.111. The Balaban J connectivity index is 1.33. The highest BCUT2D eigenvalue weighted by molar-refractivity contribution is 6.42. The van der Waals surface area contributed by atoms with Gasteiger partial charge in [-0.2, -0.15) is 5.10 Å². The highest BCUT2D eigenvalue weighted by Gasteiger charge is 2.13. The molecule has 7 heteroatoms. The number of benzene rings is 4. The molecule has 1 aromatic heterocycles. The van der Waals surface area contributed by atoms with Gasteiger partial charge in [-0.25, -0.2) is 10.4 Å². The zero-order chi connectivity index (χ0) is 27.9. The summed E-state index contributed by atoms with van der Waals surface area (Å²) in [6.07, 6.45) is 4.02. The number of halogens is 2. The summed E-state index contributed by atoms with van der Waals surface area (Å²) in [5.74, 6) is 0.406. The molecule has 0 bridgehead atoms. The van der Waals surface area contributed by atoms with Crippen LogP contribution in [0.1, 0.15) is 27.0 Å². The predicted octanol–water partition coefficient (Wildman–Crippen LogP) is 8.28. The van der Waals surface area contributed by atoms with Gasteiger partial charge in [-0.1, -0.05) is 83.9 Å². The maximum atomic E-state index is 13.2. The molecule has 4 aromatic carbocycles. The van der Waals surface area contributed by atoms with Crippen molar-refractivity contribution in [3.63, 3.8) is 0 Å². The number of nitrogens with zero attached hydrogens (tertiary/aromatic N) is 2. The minimum Gasteiger partial charge on any atom is -0.489 e. The summed E-state index contributed by atoms with van der Waals surface area (Å²) in [5, 5.41) is 5.97. The standard InChI is InChI=1S/C33H25Cl2N3O2/c1-2-8-25-17-22(14-16-32(25)40-21-23-13-15-28(34)29(35)18-23)20-36-38-33(39)27-19-31(24-9-4-3-5-10-24)37-30-12-7-6-11-26(27)30/h2-7,9-20H,1,8,21H2,(H,38,39)/b36-20+. The van der Waals surface area contributed by atoms with E-state index >= 15 is 0 Å². The van der Waals surface area contributed by atoms with Crippen LogP contribution in [0, 0.1) is 0 Å². The van der Waals surface area contributed by atoms with Gasteiger partial charge in [0.1, 0.15) is 12.4 Å². The number of hydrazone groups is 1. The molecule has 40 heavy (non-hydrogen) atoms. The first kappa shape index (κ1) is 27.1. The van der Waals surface area contributed by atoms with Crippen molar-refractivity contribution in [2.45, 2.75) is 13.0 Å². The van der Waals surface area contributed by atoms with E-state index < -0.39 is 0 Å². The highest BCUT2D eigenvalue weighted by atomic mass is 35.5. The average Bonchev–Trinajstić information content (AvgIpc) is 2.98. The number of pyridine rings is 1. The van der Waals surface area contributed by atoms with E-state index in [9.17, 15) is 4.79 Å². The van der Waals surface area contributed by atoms with Crippen LogP contribution in [0.2, 0.25) is 10.0 Å². The van der Waals surface area contributed by atoms with Gasteiger partial charge in [-0.15, -0.1) is 6.58 Å². The van der Waals surface area contributed by atoms with Gasteiger partial charge in [0.25, 0.3) is 5.91 Å². The molecule has 0 atom stereocenters. The van der Waals surface area contributed by atoms with Crippen molar-refractivity contribution < 1.29 is 9.53 Å². The van der Waals surface area contributed by atoms with Gasteiger partial charge < -0.3 is 4.74 Å². The van der Waals surface area contributed by atoms with Crippen LogP contribution in [0.15, 0.2) is 115 Å². The van der Waals surface area contributed by atoms with Crippen LogP contribution in [0.5, 0.6) is 5.75 Å². The number of fused-ring (bicyclic) bond motifs is 1. The lowest BCUT2D eigenvalue weighted by Gasteiger charge is -2.12. The van der Waals surface area contributed by atoms with Crippen LogP contribution in [-0.4, -0.2) is 17.1 Å². The van der Waals surface area contributed by atoms with Crippen LogP contribution in [-0.2, 0) is 13.0 Å². The average molecular weight is 566 g/mol. The van der Waals surface area contributed by atoms with Gasteiger partial charge >= 0.3 is 0 Å². The van der Waals surface area contributed by atoms with E-state index in [1.54, 1.807) is 24.4 Å². The number of rotatable bonds is 9. The minimum absolute atomic E-state index is 0.320. The van der Waals surface area contributed by atoms with E-state index in [1.165, 1.54) is 0 Å². The number of allylic oxidation sites excluding steroid dienone is 1. The van der Waals surface area contributed by atoms with Crippen LogP contribution in [0.25, 0.3) is 22.2 Å². The number of amides is 1. The monoisotopic (exact) mass is 565 g/mol. The number of para-hydroxylation sites is 1. The predicted molar refractivity (Wildman–Crippen MR) is 163 cm³/mol. The fourth-order valence-electron chi connectivity index (χ4n) is 4.27. The second kappa shape index (κ2) is 12.6. The fourth-order valence-corrected chi connectivity index (χ4v) is 4.59. The number of carbonyl (C=O) groups excluding carboxylic acids is 1. The van der Waals surface area contributed by atoms with Crippen molar-refractivity contribution in [1.82, 2.24) is 10.4 Å². The number of nitrogens with one attached hydrogen (secondary N) is 1. The zero-order valence-electron chi connectivity index (χ0n) is 21.5. The van der Waals surface area contributed by atoms with E-state index in [0.717, 1.165) is 44.6 Å². The first-order chi connectivity index (χ1) is 19.5. The lowest BCUT2D eigenvalue weighted by atomic mass is 10.0. The van der Waals surface area contributed by atoms with Crippen LogP contribution in [0.4, 0.5) is 0 Å². The Bertz CT molecular complexity index is 1720. The number of aromatic nitrogens is 1. The number of hydrogen-bond acceptors (Lipinski definition) is 4. The van der Waals surface area contributed by atoms with E-state index in [-0.39, 0.29) is 5.91 Å². The maximum absolute atomic E-state index is 13.2. The molecule has 5 rings (SSSR count). The Hall–Kier alpha value is -4.45. The molecule has 0 radical (unpaired) electrons. The number of hydrogen-bond donors (Lipinski definition) is 1. The fraction of sp³-hybridized carbons (Fsp3) is 0.0606. The maximum Gasteiger partial charge on any atom is 0.272 e. The Morgan fingerprint density at radius 2 is 1.73 bits per heavy atom. The summed E-state index contributed by atoms with van der Waals surface area (Å²) in [7, 11) is 0. The molecule has 0 fully saturated rings. The van der Waals surface area contributed by atoms with Crippen LogP contribution >= 0.6 is 23.2 Å². The molecule has 1 amide bonds. The molecule has 5 aromatic rings. The van der Waals surface area contributed by atoms with Gasteiger partial charge in [-0.05, 0) is 65.6 Å². The van der Waals surface area contributed by atoms with Gasteiger partial charge in [0, 0.05) is 10.9 Å². The van der Waals surface area contributed by atoms with E-state index in [1.807, 2.05) is 84.9 Å². The molecule has 0 saturated carbocycles. The third-order valence-electron chi connectivity index (χ3n) is 6.24. The molecule has 0 spiro atoms. The lowest BCUT2D eigenvalue weighted by molar-refractivity contribution is 0.0956. The van der Waals surface area contributed by atoms with Crippen molar-refractivity contribution in [2.24, 2.45) is 5.10 Å². The molecular weight excluding hydrogens is 541 g/mol. The molecule has 5 nitrogen and oxygen atoms in total. The molecule has 0 aliphatic heterocycles. The second-order valence-corrected chi connectivity index (χ2v) is 9.85. The van der Waals surface area contributed by atoms with Crippen molar-refractivity contribution in [2.75, 3.05) is 0 Å². The summed E-state index contributed by atoms with van der Waals surface area (Å²) in [6.45, 7) is 4.20. The normalized spacial score (nSPS) is 11.1. The van der Waals surface area contributed by atoms with Crippen molar-refractivity contribution in [1.29, 1.82) is 0 Å². The number of ether oxygens (including phenoxy) is 1. The summed E-state index contributed by atoms with van der Waals surface area (Å²) in [5.41, 5.74) is 8.22. The summed E-state index contributed by atoms with van der Waals surface area (Å²) in [4.78, 5) is 18.0. The third-order valence-corrected chi connectivity index (χ3v) is 6.98. The molecule has 1 N–H and O–H groups in total. The topological polar surface area (TPSA) is 63.6 Å². The molecule has 0 aliphatic carbocycles. The van der Waals surface area contributed by atoms with Gasteiger partial charge in [-0.3, -0.25) is 4.79 Å². The summed E-state index contributed by atoms with van der Waals surface area (Å²) < 4.78 is 6.05. The first-order valence-corrected chi connectivity index (χ1v) is 13.4. The van der Waals surface area contributed by atoms with Gasteiger partial charge in [0.2, 0.25) is 0 Å². The van der Waals surface area contributed by atoms with Gasteiger partial charge in [0.15, 0.2) is 0 Å². The Labute approximate surface area is 242 Å². The van der Waals surface area contributed by atoms with E-state index in [0.29, 0.717) is 28.6 Å². The van der Waals surface area contributed by atoms with Crippen LogP contribution in [0.3, 0.4) is 0 Å². The largest absolute Gasteiger partial charge is 0.489 e. The van der Waals surface area contributed by atoms with Crippen molar-refractivity contribution in [3.8, 4) is 17.0 Å². The van der Waals surface area contributed by atoms with Crippen molar-refractivity contribution in [3.05, 3.63) is 142 Å². The van der Waals surface area contributed by atoms with Crippen LogP contribution < -0.4 is 10.2 Å².